The molecule has 0 aromatic heterocycles. The number of hydrogen-bond acceptors (Lipinski definition) is 4. The first kappa shape index (κ1) is 16.5. The van der Waals surface area contributed by atoms with Crippen LogP contribution in [-0.4, -0.2) is 60.5 Å². The molecule has 2 heterocycles. The van der Waals surface area contributed by atoms with Crippen LogP contribution in [0, 0.1) is 5.82 Å². The molecule has 0 aliphatic carbocycles. The molecule has 0 spiro atoms. The third-order valence-corrected chi connectivity index (χ3v) is 4.36. The van der Waals surface area contributed by atoms with Gasteiger partial charge < -0.3 is 15.1 Å². The van der Waals surface area contributed by atoms with Crippen LogP contribution < -0.4 is 16.2 Å². The summed E-state index contributed by atoms with van der Waals surface area (Å²) in [5.74, 6) is -0.587. The third kappa shape index (κ3) is 3.76. The molecule has 0 saturated carbocycles. The number of hydrazine groups is 1. The number of nitrogens with one attached hydrogen (secondary N) is 3. The molecule has 2 aliphatic rings. The SMILES string of the molecule is O=C(NNc1ccc(F)cc1)C1CCCN1C(=O)N1CCNCC1. The van der Waals surface area contributed by atoms with Crippen molar-refractivity contribution in [2.45, 2.75) is 18.9 Å². The minimum atomic E-state index is -0.472. The first-order valence-corrected chi connectivity index (χ1v) is 8.23. The topological polar surface area (TPSA) is 76.7 Å². The Hall–Kier alpha value is -2.35. The summed E-state index contributed by atoms with van der Waals surface area (Å²) in [5, 5.41) is 3.21. The van der Waals surface area contributed by atoms with Crippen LogP contribution in [0.4, 0.5) is 14.9 Å². The molecule has 1 aromatic rings. The second-order valence-electron chi connectivity index (χ2n) is 5.99. The van der Waals surface area contributed by atoms with Gasteiger partial charge in [0.15, 0.2) is 0 Å². The lowest BCUT2D eigenvalue weighted by atomic mass is 10.2. The second kappa shape index (κ2) is 7.48. The number of benzene rings is 1. The smallest absolute Gasteiger partial charge is 0.320 e. The number of anilines is 1. The van der Waals surface area contributed by atoms with Crippen molar-refractivity contribution in [1.29, 1.82) is 0 Å². The van der Waals surface area contributed by atoms with Crippen LogP contribution in [0.15, 0.2) is 24.3 Å². The Kier molecular flexibility index (Phi) is 5.14. The molecule has 130 valence electrons. The molecular weight excluding hydrogens is 313 g/mol. The van der Waals surface area contributed by atoms with Gasteiger partial charge in [0, 0.05) is 32.7 Å². The van der Waals surface area contributed by atoms with Crippen molar-refractivity contribution in [2.75, 3.05) is 38.1 Å². The van der Waals surface area contributed by atoms with Crippen LogP contribution >= 0.6 is 0 Å². The van der Waals surface area contributed by atoms with Gasteiger partial charge in [0.1, 0.15) is 11.9 Å². The van der Waals surface area contributed by atoms with E-state index < -0.39 is 6.04 Å². The van der Waals surface area contributed by atoms with Gasteiger partial charge >= 0.3 is 6.03 Å². The summed E-state index contributed by atoms with van der Waals surface area (Å²) in [6.45, 7) is 3.48. The summed E-state index contributed by atoms with van der Waals surface area (Å²) in [6, 6.07) is 5.15. The van der Waals surface area contributed by atoms with Crippen molar-refractivity contribution in [3.63, 3.8) is 0 Å². The molecule has 24 heavy (non-hydrogen) atoms. The van der Waals surface area contributed by atoms with Crippen molar-refractivity contribution in [2.24, 2.45) is 0 Å². The van der Waals surface area contributed by atoms with Crippen LogP contribution in [0.3, 0.4) is 0 Å². The maximum absolute atomic E-state index is 12.9. The standard InChI is InChI=1S/C16H22FN5O2/c17-12-3-5-13(6-4-12)19-20-15(23)14-2-1-9-22(14)16(24)21-10-7-18-8-11-21/h3-6,14,18-19H,1-2,7-11H2,(H,20,23). The number of hydrogen-bond donors (Lipinski definition) is 3. The molecule has 3 N–H and O–H groups in total. The van der Waals surface area contributed by atoms with Gasteiger partial charge in [-0.15, -0.1) is 0 Å². The number of carbonyl (C=O) groups excluding carboxylic acids is 2. The Labute approximate surface area is 140 Å². The van der Waals surface area contributed by atoms with Crippen LogP contribution in [0.2, 0.25) is 0 Å². The lowest BCUT2D eigenvalue weighted by molar-refractivity contribution is -0.124. The van der Waals surface area contributed by atoms with Gasteiger partial charge in [-0.25, -0.2) is 9.18 Å². The first-order valence-electron chi connectivity index (χ1n) is 8.23. The summed E-state index contributed by atoms with van der Waals surface area (Å²) in [7, 11) is 0. The zero-order chi connectivity index (χ0) is 16.9. The normalized spacial score (nSPS) is 20.8. The van der Waals surface area contributed by atoms with Crippen LogP contribution in [-0.2, 0) is 4.79 Å². The van der Waals surface area contributed by atoms with Crippen molar-refractivity contribution < 1.29 is 14.0 Å². The minimum absolute atomic E-state index is 0.0732. The quantitative estimate of drug-likeness (QED) is 0.713. The van der Waals surface area contributed by atoms with Gasteiger partial charge in [-0.1, -0.05) is 0 Å². The lowest BCUT2D eigenvalue weighted by Crippen LogP contribution is -2.55. The molecular formula is C16H22FN5O2. The first-order chi connectivity index (χ1) is 11.6. The molecule has 2 saturated heterocycles. The predicted octanol–water partition coefficient (Wildman–Crippen LogP) is 0.758. The summed E-state index contributed by atoms with van der Waals surface area (Å²) in [5.41, 5.74) is 5.96. The van der Waals surface area contributed by atoms with E-state index in [2.05, 4.69) is 16.2 Å². The molecule has 1 atom stereocenters. The average Bonchev–Trinajstić information content (AvgIpc) is 3.11. The minimum Gasteiger partial charge on any atom is -0.322 e. The fraction of sp³-hybridized carbons (Fsp3) is 0.500. The number of nitrogens with zero attached hydrogens (tertiary/aromatic N) is 2. The van der Waals surface area contributed by atoms with E-state index in [1.807, 2.05) is 0 Å². The number of amides is 3. The molecule has 8 heteroatoms. The second-order valence-corrected chi connectivity index (χ2v) is 5.99. The van der Waals surface area contributed by atoms with Gasteiger partial charge in [-0.05, 0) is 37.1 Å². The number of rotatable bonds is 3. The fourth-order valence-electron chi connectivity index (χ4n) is 3.06. The maximum atomic E-state index is 12.9. The highest BCUT2D eigenvalue weighted by molar-refractivity contribution is 5.88. The van der Waals surface area contributed by atoms with E-state index >= 15 is 0 Å². The van der Waals surface area contributed by atoms with E-state index in [0.29, 0.717) is 31.7 Å². The average molecular weight is 335 g/mol. The lowest BCUT2D eigenvalue weighted by Gasteiger charge is -2.33. The number of likely N-dealkylation sites (tertiary alicyclic amines) is 1. The molecule has 2 fully saturated rings. The van der Waals surface area contributed by atoms with Crippen molar-refractivity contribution >= 4 is 17.6 Å². The fourth-order valence-corrected chi connectivity index (χ4v) is 3.06. The van der Waals surface area contributed by atoms with E-state index in [4.69, 9.17) is 0 Å². The molecule has 0 bridgehead atoms. The monoisotopic (exact) mass is 335 g/mol. The van der Waals surface area contributed by atoms with Crippen LogP contribution in [0.25, 0.3) is 0 Å². The number of piperazine rings is 1. The Bertz CT molecular complexity index is 589. The molecule has 3 rings (SSSR count). The Morgan fingerprint density at radius 3 is 2.54 bits per heavy atom. The van der Waals surface area contributed by atoms with Gasteiger partial charge in [-0.2, -0.15) is 0 Å². The zero-order valence-corrected chi connectivity index (χ0v) is 13.4. The molecule has 2 aliphatic heterocycles. The van der Waals surface area contributed by atoms with Crippen molar-refractivity contribution in [3.05, 3.63) is 30.1 Å². The number of urea groups is 1. The number of halogens is 1. The van der Waals surface area contributed by atoms with Crippen LogP contribution in [0.1, 0.15) is 12.8 Å². The Morgan fingerprint density at radius 2 is 1.83 bits per heavy atom. The third-order valence-electron chi connectivity index (χ3n) is 4.36. The maximum Gasteiger partial charge on any atom is 0.320 e. The van der Waals surface area contributed by atoms with E-state index in [0.717, 1.165) is 19.5 Å². The molecule has 1 unspecified atom stereocenters. The largest absolute Gasteiger partial charge is 0.322 e. The van der Waals surface area contributed by atoms with Crippen molar-refractivity contribution in [1.82, 2.24) is 20.5 Å². The molecule has 3 amide bonds. The Morgan fingerprint density at radius 1 is 1.12 bits per heavy atom. The summed E-state index contributed by atoms with van der Waals surface area (Å²) >= 11 is 0. The van der Waals surface area contributed by atoms with Gasteiger partial charge in [-0.3, -0.25) is 15.6 Å². The summed E-state index contributed by atoms with van der Waals surface area (Å²) in [6.07, 6.45) is 1.46. The Balaban J connectivity index is 1.56. The van der Waals surface area contributed by atoms with E-state index in [-0.39, 0.29) is 17.8 Å². The molecule has 0 radical (unpaired) electrons. The predicted molar refractivity (Wildman–Crippen MR) is 87.7 cm³/mol. The van der Waals surface area contributed by atoms with Crippen LogP contribution in [0.5, 0.6) is 0 Å². The van der Waals surface area contributed by atoms with E-state index in [1.165, 1.54) is 24.3 Å². The summed E-state index contributed by atoms with van der Waals surface area (Å²) in [4.78, 5) is 28.5. The number of carbonyl (C=O) groups is 2. The van der Waals surface area contributed by atoms with E-state index in [9.17, 15) is 14.0 Å². The van der Waals surface area contributed by atoms with Gasteiger partial charge in [0.25, 0.3) is 5.91 Å². The highest BCUT2D eigenvalue weighted by Crippen LogP contribution is 2.19. The van der Waals surface area contributed by atoms with Gasteiger partial charge in [0.05, 0.1) is 5.69 Å². The highest BCUT2D eigenvalue weighted by Gasteiger charge is 2.36. The molecule has 7 nitrogen and oxygen atoms in total. The highest BCUT2D eigenvalue weighted by atomic mass is 19.1. The van der Waals surface area contributed by atoms with Crippen molar-refractivity contribution in [3.8, 4) is 0 Å². The summed E-state index contributed by atoms with van der Waals surface area (Å²) < 4.78 is 12.9. The zero-order valence-electron chi connectivity index (χ0n) is 13.4. The van der Waals surface area contributed by atoms with Gasteiger partial charge in [0.2, 0.25) is 0 Å². The van der Waals surface area contributed by atoms with E-state index in [1.54, 1.807) is 9.80 Å². The molecule has 1 aromatic carbocycles.